The minimum atomic E-state index is -0.631. The number of likely N-dealkylation sites (N-methyl/N-ethyl adjacent to an activating group) is 1. The van der Waals surface area contributed by atoms with Crippen molar-refractivity contribution in [3.05, 3.63) is 35.9 Å². The molecule has 0 aliphatic carbocycles. The van der Waals surface area contributed by atoms with Gasteiger partial charge in [-0.15, -0.1) is 0 Å². The highest BCUT2D eigenvalue weighted by molar-refractivity contribution is 5.81. The Labute approximate surface area is 139 Å². The van der Waals surface area contributed by atoms with Crippen LogP contribution in [0.15, 0.2) is 30.3 Å². The van der Waals surface area contributed by atoms with Gasteiger partial charge in [0.15, 0.2) is 0 Å². The van der Waals surface area contributed by atoms with E-state index < -0.39 is 6.10 Å². The zero-order chi connectivity index (χ0) is 17.5. The lowest BCUT2D eigenvalue weighted by atomic mass is 10.1. The molecule has 0 saturated heterocycles. The van der Waals surface area contributed by atoms with Crippen LogP contribution in [-0.2, 0) is 16.1 Å². The predicted molar refractivity (Wildman–Crippen MR) is 92.1 cm³/mol. The highest BCUT2D eigenvalue weighted by Crippen LogP contribution is 2.05. The van der Waals surface area contributed by atoms with E-state index in [0.29, 0.717) is 13.2 Å². The van der Waals surface area contributed by atoms with E-state index in [2.05, 4.69) is 5.32 Å². The zero-order valence-electron chi connectivity index (χ0n) is 14.9. The summed E-state index contributed by atoms with van der Waals surface area (Å²) < 4.78 is 5.53. The molecule has 0 saturated carbocycles. The molecular weight excluding hydrogens is 292 g/mol. The van der Waals surface area contributed by atoms with Crippen molar-refractivity contribution in [3.8, 4) is 0 Å². The monoisotopic (exact) mass is 322 g/mol. The van der Waals surface area contributed by atoms with E-state index in [1.807, 2.05) is 70.0 Å². The summed E-state index contributed by atoms with van der Waals surface area (Å²) in [5.74, 6) is -0.0441. The summed E-state index contributed by atoms with van der Waals surface area (Å²) >= 11 is 0. The molecule has 0 aromatic heterocycles. The van der Waals surface area contributed by atoms with Crippen LogP contribution in [0, 0.1) is 0 Å². The van der Waals surface area contributed by atoms with Gasteiger partial charge in [0.1, 0.15) is 0 Å². The maximum Gasteiger partial charge on any atom is 0.237 e. The Morgan fingerprint density at radius 3 is 2.48 bits per heavy atom. The molecule has 0 fully saturated rings. The quantitative estimate of drug-likeness (QED) is 0.766. The third-order valence-electron chi connectivity index (χ3n) is 3.46. The van der Waals surface area contributed by atoms with Gasteiger partial charge >= 0.3 is 0 Å². The summed E-state index contributed by atoms with van der Waals surface area (Å²) in [5.41, 5.74) is 0.815. The molecule has 0 spiro atoms. The summed E-state index contributed by atoms with van der Waals surface area (Å²) in [4.78, 5) is 13.9. The van der Waals surface area contributed by atoms with Crippen LogP contribution in [0.3, 0.4) is 0 Å². The first-order valence-corrected chi connectivity index (χ1v) is 8.01. The molecule has 0 bridgehead atoms. The van der Waals surface area contributed by atoms with E-state index in [4.69, 9.17) is 4.74 Å². The predicted octanol–water partition coefficient (Wildman–Crippen LogP) is 1.80. The number of hydrogen-bond donors (Lipinski definition) is 2. The number of hydrogen-bond acceptors (Lipinski definition) is 4. The van der Waals surface area contributed by atoms with Crippen LogP contribution in [0.4, 0.5) is 0 Å². The number of nitrogens with zero attached hydrogens (tertiary/aromatic N) is 1. The molecule has 5 nitrogen and oxygen atoms in total. The van der Waals surface area contributed by atoms with Gasteiger partial charge in [-0.2, -0.15) is 0 Å². The van der Waals surface area contributed by atoms with Crippen molar-refractivity contribution in [2.24, 2.45) is 0 Å². The van der Waals surface area contributed by atoms with Gasteiger partial charge in [-0.3, -0.25) is 9.69 Å². The van der Waals surface area contributed by atoms with E-state index in [1.54, 1.807) is 0 Å². The fourth-order valence-corrected chi connectivity index (χ4v) is 2.10. The van der Waals surface area contributed by atoms with Gasteiger partial charge in [-0.25, -0.2) is 0 Å². The summed E-state index contributed by atoms with van der Waals surface area (Å²) in [6.45, 7) is 8.78. The molecule has 1 aromatic rings. The molecule has 5 heteroatoms. The second-order valence-electron chi connectivity index (χ2n) is 7.01. The molecule has 2 N–H and O–H groups in total. The highest BCUT2D eigenvalue weighted by Gasteiger charge is 2.23. The Balaban J connectivity index is 2.32. The van der Waals surface area contributed by atoms with Crippen molar-refractivity contribution in [3.63, 3.8) is 0 Å². The summed E-state index contributed by atoms with van der Waals surface area (Å²) in [6.07, 6.45) is -0.631. The smallest absolute Gasteiger partial charge is 0.237 e. The lowest BCUT2D eigenvalue weighted by molar-refractivity contribution is -0.127. The van der Waals surface area contributed by atoms with E-state index in [9.17, 15) is 9.90 Å². The number of nitrogens with one attached hydrogen (secondary N) is 1. The minimum absolute atomic E-state index is 0.0441. The Hall–Kier alpha value is -1.43. The normalized spacial score (nSPS) is 14.6. The Morgan fingerprint density at radius 1 is 1.30 bits per heavy atom. The zero-order valence-corrected chi connectivity index (χ0v) is 14.9. The summed E-state index contributed by atoms with van der Waals surface area (Å²) in [6, 6.07) is 9.53. The fourth-order valence-electron chi connectivity index (χ4n) is 2.10. The van der Waals surface area contributed by atoms with Gasteiger partial charge in [0, 0.05) is 12.1 Å². The fraction of sp³-hybridized carbons (Fsp3) is 0.611. The summed E-state index contributed by atoms with van der Waals surface area (Å²) in [5, 5.41) is 13.0. The molecule has 2 atom stereocenters. The van der Waals surface area contributed by atoms with Crippen LogP contribution in [0.25, 0.3) is 0 Å². The minimum Gasteiger partial charge on any atom is -0.389 e. The number of carbonyl (C=O) groups is 1. The maximum atomic E-state index is 12.1. The molecular formula is C18H30N2O3. The number of aliphatic hydroxyl groups is 1. The molecule has 23 heavy (non-hydrogen) atoms. The average molecular weight is 322 g/mol. The van der Waals surface area contributed by atoms with Crippen molar-refractivity contribution in [2.45, 2.75) is 52.0 Å². The van der Waals surface area contributed by atoms with Gasteiger partial charge < -0.3 is 15.2 Å². The van der Waals surface area contributed by atoms with Gasteiger partial charge in [-0.1, -0.05) is 30.3 Å². The second kappa shape index (κ2) is 9.01. The van der Waals surface area contributed by atoms with Crippen molar-refractivity contribution in [1.29, 1.82) is 0 Å². The van der Waals surface area contributed by atoms with Crippen LogP contribution >= 0.6 is 0 Å². The molecule has 0 aliphatic rings. The number of ether oxygens (including phenoxy) is 1. The number of aliphatic hydroxyl groups excluding tert-OH is 1. The van der Waals surface area contributed by atoms with E-state index in [0.717, 1.165) is 5.56 Å². The Morgan fingerprint density at radius 2 is 1.91 bits per heavy atom. The molecule has 0 radical (unpaired) electrons. The van der Waals surface area contributed by atoms with Crippen LogP contribution < -0.4 is 5.32 Å². The Kier molecular flexibility index (Phi) is 7.68. The molecule has 130 valence electrons. The maximum absolute atomic E-state index is 12.1. The first-order valence-electron chi connectivity index (χ1n) is 8.01. The van der Waals surface area contributed by atoms with Gasteiger partial charge in [0.2, 0.25) is 5.91 Å². The third kappa shape index (κ3) is 8.11. The average Bonchev–Trinajstić information content (AvgIpc) is 2.45. The van der Waals surface area contributed by atoms with Crippen LogP contribution in [0.1, 0.15) is 33.3 Å². The number of rotatable bonds is 8. The lowest BCUT2D eigenvalue weighted by Gasteiger charge is -2.29. The summed E-state index contributed by atoms with van der Waals surface area (Å²) in [7, 11) is 1.83. The number of carbonyl (C=O) groups excluding carboxylic acids is 1. The van der Waals surface area contributed by atoms with Crippen molar-refractivity contribution < 1.29 is 14.6 Å². The SMILES string of the molecule is C[C@H](C(=O)NC(C)(C)C)N(C)C[C@H](O)COCc1ccccc1. The number of amides is 1. The van der Waals surface area contributed by atoms with Gasteiger partial charge in [0.25, 0.3) is 0 Å². The van der Waals surface area contributed by atoms with Crippen molar-refractivity contribution >= 4 is 5.91 Å². The lowest BCUT2D eigenvalue weighted by Crippen LogP contribution is -2.51. The second-order valence-corrected chi connectivity index (χ2v) is 7.01. The van der Waals surface area contributed by atoms with E-state index in [1.165, 1.54) is 0 Å². The van der Waals surface area contributed by atoms with E-state index >= 15 is 0 Å². The van der Waals surface area contributed by atoms with Gasteiger partial charge in [0.05, 0.1) is 25.4 Å². The standard InChI is InChI=1S/C18H30N2O3/c1-14(17(22)19-18(2,3)4)20(5)11-16(21)13-23-12-15-9-7-6-8-10-15/h6-10,14,16,21H,11-13H2,1-5H3,(H,19,22)/t14-,16+/m1/s1. The van der Waals surface area contributed by atoms with Crippen LogP contribution in [0.2, 0.25) is 0 Å². The molecule has 1 amide bonds. The molecule has 0 heterocycles. The Bertz CT molecular complexity index is 471. The van der Waals surface area contributed by atoms with Crippen LogP contribution in [0.5, 0.6) is 0 Å². The molecule has 1 aromatic carbocycles. The van der Waals surface area contributed by atoms with Crippen molar-refractivity contribution in [2.75, 3.05) is 20.2 Å². The molecule has 1 rings (SSSR count). The first-order chi connectivity index (χ1) is 10.7. The van der Waals surface area contributed by atoms with E-state index in [-0.39, 0.29) is 24.1 Å². The highest BCUT2D eigenvalue weighted by atomic mass is 16.5. The largest absolute Gasteiger partial charge is 0.389 e. The van der Waals surface area contributed by atoms with Gasteiger partial charge in [-0.05, 0) is 40.3 Å². The van der Waals surface area contributed by atoms with Crippen LogP contribution in [-0.4, -0.2) is 53.8 Å². The number of benzene rings is 1. The van der Waals surface area contributed by atoms with Crippen molar-refractivity contribution in [1.82, 2.24) is 10.2 Å². The third-order valence-corrected chi connectivity index (χ3v) is 3.46. The molecule has 0 aliphatic heterocycles. The molecule has 0 unspecified atom stereocenters. The first kappa shape index (κ1) is 19.6. The topological polar surface area (TPSA) is 61.8 Å².